The molecule has 1 amide bonds. The van der Waals surface area contributed by atoms with Crippen molar-refractivity contribution in [3.05, 3.63) is 23.5 Å². The van der Waals surface area contributed by atoms with Crippen LogP contribution in [0.5, 0.6) is 0 Å². The van der Waals surface area contributed by atoms with E-state index in [2.05, 4.69) is 27.2 Å². The van der Waals surface area contributed by atoms with Gasteiger partial charge in [0.05, 0.1) is 0 Å². The zero-order valence-electron chi connectivity index (χ0n) is 8.73. The van der Waals surface area contributed by atoms with Crippen LogP contribution in [0.1, 0.15) is 15.6 Å². The number of nitrogens with one attached hydrogen (secondary N) is 1. The van der Waals surface area contributed by atoms with Crippen molar-refractivity contribution in [2.24, 2.45) is 0 Å². The Kier molecular flexibility index (Phi) is 3.03. The summed E-state index contributed by atoms with van der Waals surface area (Å²) in [5, 5.41) is 12.1. The van der Waals surface area contributed by atoms with Gasteiger partial charge in [-0.2, -0.15) is 17.7 Å². The molecule has 2 heterocycles. The molecular formula is C8H6F3N5OS. The summed E-state index contributed by atoms with van der Waals surface area (Å²) in [7, 11) is 0. The van der Waals surface area contributed by atoms with Gasteiger partial charge in [0.2, 0.25) is 9.97 Å². The van der Waals surface area contributed by atoms with Gasteiger partial charge in [-0.1, -0.05) is 17.4 Å². The molecule has 0 aliphatic heterocycles. The van der Waals surface area contributed by atoms with Gasteiger partial charge in [-0.05, 0) is 0 Å². The Morgan fingerprint density at radius 2 is 2.22 bits per heavy atom. The molecule has 2 aromatic rings. The average molecular weight is 277 g/mol. The van der Waals surface area contributed by atoms with Crippen molar-refractivity contribution in [3.63, 3.8) is 0 Å². The molecule has 0 aliphatic rings. The zero-order chi connectivity index (χ0) is 13.3. The fraction of sp³-hybridized carbons (Fsp3) is 0.250. The Balaban J connectivity index is 2.36. The molecule has 0 atom stereocenters. The Labute approximate surface area is 102 Å². The summed E-state index contributed by atoms with van der Waals surface area (Å²) in [6.07, 6.45) is -3.22. The van der Waals surface area contributed by atoms with Crippen molar-refractivity contribution in [1.29, 1.82) is 0 Å². The first kappa shape index (κ1) is 12.5. The molecule has 2 aromatic heterocycles. The van der Waals surface area contributed by atoms with Crippen LogP contribution in [0.4, 0.5) is 13.2 Å². The predicted molar refractivity (Wildman–Crippen MR) is 56.2 cm³/mol. The van der Waals surface area contributed by atoms with Crippen LogP contribution < -0.4 is 5.32 Å². The Morgan fingerprint density at radius 1 is 1.50 bits per heavy atom. The second kappa shape index (κ2) is 4.37. The molecule has 1 N–H and O–H groups in total. The van der Waals surface area contributed by atoms with Gasteiger partial charge in [-0.3, -0.25) is 4.79 Å². The summed E-state index contributed by atoms with van der Waals surface area (Å²) < 4.78 is 38.0. The predicted octanol–water partition coefficient (Wildman–Crippen LogP) is 1.12. The van der Waals surface area contributed by atoms with Crippen molar-refractivity contribution in [2.45, 2.75) is 6.18 Å². The van der Waals surface area contributed by atoms with Crippen molar-refractivity contribution in [2.75, 3.05) is 6.54 Å². The van der Waals surface area contributed by atoms with Crippen LogP contribution in [0.3, 0.4) is 0 Å². The van der Waals surface area contributed by atoms with E-state index in [0.717, 1.165) is 11.3 Å². The third-order valence-corrected chi connectivity index (χ3v) is 2.74. The van der Waals surface area contributed by atoms with Gasteiger partial charge >= 0.3 is 6.18 Å². The topological polar surface area (TPSA) is 72.2 Å². The highest BCUT2D eigenvalue weighted by Crippen LogP contribution is 2.28. The number of carbonyl (C=O) groups is 1. The van der Waals surface area contributed by atoms with Gasteiger partial charge in [0.1, 0.15) is 0 Å². The Morgan fingerprint density at radius 3 is 2.83 bits per heavy atom. The molecule has 0 bridgehead atoms. The molecule has 2 rings (SSSR count). The quantitative estimate of drug-likeness (QED) is 0.853. The minimum atomic E-state index is -4.66. The fourth-order valence-corrected chi connectivity index (χ4v) is 1.88. The monoisotopic (exact) mass is 277 g/mol. The lowest BCUT2D eigenvalue weighted by Crippen LogP contribution is -2.23. The highest BCUT2D eigenvalue weighted by Gasteiger charge is 2.38. The summed E-state index contributed by atoms with van der Waals surface area (Å²) in [4.78, 5) is 11.4. The van der Waals surface area contributed by atoms with Gasteiger partial charge in [0.25, 0.3) is 11.7 Å². The standard InChI is InChI=1S/C8H6F3N5OS/c1-2-3-12-4(17)5-15-16-6(8(9,10)11)13-14-7(16)18-5/h2H,1,3H2,(H,12,17). The van der Waals surface area contributed by atoms with Crippen LogP contribution >= 0.6 is 11.3 Å². The molecule has 0 fully saturated rings. The number of hydrogen-bond acceptors (Lipinski definition) is 5. The lowest BCUT2D eigenvalue weighted by atomic mass is 10.5. The van der Waals surface area contributed by atoms with Crippen molar-refractivity contribution in [3.8, 4) is 0 Å². The highest BCUT2D eigenvalue weighted by atomic mass is 32.1. The lowest BCUT2D eigenvalue weighted by molar-refractivity contribution is -0.146. The maximum atomic E-state index is 12.5. The average Bonchev–Trinajstić information content (AvgIpc) is 2.82. The summed E-state index contributed by atoms with van der Waals surface area (Å²) in [6.45, 7) is 3.60. The second-order valence-corrected chi connectivity index (χ2v) is 4.08. The van der Waals surface area contributed by atoms with E-state index in [1.165, 1.54) is 6.08 Å². The second-order valence-electron chi connectivity index (χ2n) is 3.12. The van der Waals surface area contributed by atoms with E-state index in [9.17, 15) is 18.0 Å². The minimum Gasteiger partial charge on any atom is -0.346 e. The smallest absolute Gasteiger partial charge is 0.346 e. The van der Waals surface area contributed by atoms with Crippen molar-refractivity contribution >= 4 is 22.2 Å². The number of aromatic nitrogens is 4. The van der Waals surface area contributed by atoms with Crippen LogP contribution in [0, 0.1) is 0 Å². The molecule has 96 valence electrons. The van der Waals surface area contributed by atoms with Crippen molar-refractivity contribution < 1.29 is 18.0 Å². The van der Waals surface area contributed by atoms with E-state index in [-0.39, 0.29) is 16.5 Å². The van der Waals surface area contributed by atoms with E-state index >= 15 is 0 Å². The number of rotatable bonds is 3. The van der Waals surface area contributed by atoms with Gasteiger partial charge in [-0.25, -0.2) is 0 Å². The number of alkyl halides is 3. The maximum absolute atomic E-state index is 12.5. The molecular weight excluding hydrogens is 271 g/mol. The van der Waals surface area contributed by atoms with E-state index < -0.39 is 17.9 Å². The molecule has 0 spiro atoms. The SMILES string of the molecule is C=CCNC(=O)c1nn2c(C(F)(F)F)nnc2s1. The first-order valence-corrected chi connectivity index (χ1v) is 5.43. The summed E-state index contributed by atoms with van der Waals surface area (Å²) in [5.41, 5.74) is 0. The van der Waals surface area contributed by atoms with Crippen LogP contribution in [-0.2, 0) is 6.18 Å². The number of halogens is 3. The van der Waals surface area contributed by atoms with Crippen LogP contribution in [-0.4, -0.2) is 32.3 Å². The summed E-state index contributed by atoms with van der Waals surface area (Å²) in [6, 6.07) is 0. The molecule has 0 radical (unpaired) electrons. The summed E-state index contributed by atoms with van der Waals surface area (Å²) >= 11 is 0.725. The number of amides is 1. The number of fused-ring (bicyclic) bond motifs is 1. The van der Waals surface area contributed by atoms with Gasteiger partial charge in [0.15, 0.2) is 0 Å². The fourth-order valence-electron chi connectivity index (χ4n) is 1.13. The van der Waals surface area contributed by atoms with Crippen LogP contribution in [0.25, 0.3) is 4.96 Å². The minimum absolute atomic E-state index is 0.0916. The molecule has 0 aromatic carbocycles. The highest BCUT2D eigenvalue weighted by molar-refractivity contribution is 7.18. The number of nitrogens with zero attached hydrogens (tertiary/aromatic N) is 4. The Hall–Kier alpha value is -1.97. The van der Waals surface area contributed by atoms with Gasteiger partial charge < -0.3 is 5.32 Å². The number of hydrogen-bond donors (Lipinski definition) is 1. The molecule has 0 saturated heterocycles. The van der Waals surface area contributed by atoms with Crippen LogP contribution in [0.15, 0.2) is 12.7 Å². The largest absolute Gasteiger partial charge is 0.453 e. The molecule has 0 unspecified atom stereocenters. The normalized spacial score (nSPS) is 11.7. The third kappa shape index (κ3) is 2.18. The molecule has 18 heavy (non-hydrogen) atoms. The lowest BCUT2D eigenvalue weighted by Gasteiger charge is -2.00. The van der Waals surface area contributed by atoms with Crippen molar-refractivity contribution in [1.82, 2.24) is 25.1 Å². The maximum Gasteiger partial charge on any atom is 0.453 e. The molecule has 6 nitrogen and oxygen atoms in total. The van der Waals surface area contributed by atoms with Crippen LogP contribution in [0.2, 0.25) is 0 Å². The molecule has 0 aliphatic carbocycles. The first-order valence-electron chi connectivity index (χ1n) is 4.62. The van der Waals surface area contributed by atoms with Gasteiger partial charge in [0, 0.05) is 6.54 Å². The van der Waals surface area contributed by atoms with E-state index in [1.54, 1.807) is 0 Å². The molecule has 0 saturated carbocycles. The zero-order valence-corrected chi connectivity index (χ0v) is 9.55. The van der Waals surface area contributed by atoms with E-state index in [4.69, 9.17) is 0 Å². The molecule has 10 heteroatoms. The summed E-state index contributed by atoms with van der Waals surface area (Å²) in [5.74, 6) is -1.84. The first-order chi connectivity index (χ1) is 8.43. The van der Waals surface area contributed by atoms with Gasteiger partial charge in [-0.15, -0.1) is 21.9 Å². The number of carbonyl (C=O) groups excluding carboxylic acids is 1. The third-order valence-electron chi connectivity index (χ3n) is 1.85. The Bertz CT molecular complexity index is 601. The van der Waals surface area contributed by atoms with E-state index in [1.807, 2.05) is 0 Å². The van der Waals surface area contributed by atoms with E-state index in [0.29, 0.717) is 4.52 Å².